The SMILES string of the molecule is CC(C)C1=C(c2ccc3c(c2)OCO3)C=CCC1. The molecule has 1 aliphatic carbocycles. The van der Waals surface area contributed by atoms with Crippen LogP contribution in [0, 0.1) is 5.92 Å². The number of hydrogen-bond donors (Lipinski definition) is 0. The van der Waals surface area contributed by atoms with Gasteiger partial charge in [0.15, 0.2) is 11.5 Å². The summed E-state index contributed by atoms with van der Waals surface area (Å²) in [4.78, 5) is 0. The van der Waals surface area contributed by atoms with E-state index in [4.69, 9.17) is 9.47 Å². The molecule has 18 heavy (non-hydrogen) atoms. The monoisotopic (exact) mass is 242 g/mol. The highest BCUT2D eigenvalue weighted by Crippen LogP contribution is 2.38. The number of hydrogen-bond acceptors (Lipinski definition) is 2. The quantitative estimate of drug-likeness (QED) is 0.774. The van der Waals surface area contributed by atoms with E-state index in [0.717, 1.165) is 24.3 Å². The van der Waals surface area contributed by atoms with Gasteiger partial charge in [0.1, 0.15) is 0 Å². The minimum atomic E-state index is 0.338. The Morgan fingerprint density at radius 2 is 1.94 bits per heavy atom. The molecule has 2 nitrogen and oxygen atoms in total. The highest BCUT2D eigenvalue weighted by atomic mass is 16.7. The maximum absolute atomic E-state index is 5.46. The first-order valence-corrected chi connectivity index (χ1v) is 6.55. The second-order valence-corrected chi connectivity index (χ2v) is 5.10. The van der Waals surface area contributed by atoms with E-state index in [0.29, 0.717) is 12.7 Å². The Morgan fingerprint density at radius 1 is 1.11 bits per heavy atom. The third kappa shape index (κ3) is 1.92. The van der Waals surface area contributed by atoms with E-state index >= 15 is 0 Å². The molecule has 0 amide bonds. The molecule has 0 spiro atoms. The highest BCUT2D eigenvalue weighted by Gasteiger charge is 2.17. The fraction of sp³-hybridized carbons (Fsp3) is 0.375. The van der Waals surface area contributed by atoms with Crippen LogP contribution in [0.3, 0.4) is 0 Å². The fourth-order valence-corrected chi connectivity index (χ4v) is 2.63. The molecule has 0 radical (unpaired) electrons. The lowest BCUT2D eigenvalue weighted by atomic mass is 9.86. The Hall–Kier alpha value is -1.70. The van der Waals surface area contributed by atoms with Crippen LogP contribution in [0.15, 0.2) is 35.9 Å². The molecular formula is C16H18O2. The Kier molecular flexibility index (Phi) is 2.86. The zero-order valence-corrected chi connectivity index (χ0v) is 10.9. The average molecular weight is 242 g/mol. The number of ether oxygens (including phenoxy) is 2. The summed E-state index contributed by atoms with van der Waals surface area (Å²) in [6.07, 6.45) is 6.82. The molecule has 0 fully saturated rings. The van der Waals surface area contributed by atoms with E-state index in [1.165, 1.54) is 16.7 Å². The van der Waals surface area contributed by atoms with E-state index in [-0.39, 0.29) is 0 Å². The van der Waals surface area contributed by atoms with Gasteiger partial charge in [-0.15, -0.1) is 0 Å². The molecule has 2 aliphatic rings. The molecule has 1 aliphatic heterocycles. The van der Waals surface area contributed by atoms with Crippen molar-refractivity contribution < 1.29 is 9.47 Å². The summed E-state index contributed by atoms with van der Waals surface area (Å²) in [6, 6.07) is 6.22. The van der Waals surface area contributed by atoms with Gasteiger partial charge in [0.2, 0.25) is 6.79 Å². The molecule has 0 saturated carbocycles. The molecule has 0 N–H and O–H groups in total. The van der Waals surface area contributed by atoms with Crippen LogP contribution in [-0.2, 0) is 0 Å². The third-order valence-electron chi connectivity index (χ3n) is 3.59. The standard InChI is InChI=1S/C16H18O2/c1-11(2)13-5-3-4-6-14(13)12-7-8-15-16(9-12)18-10-17-15/h4,6-9,11H,3,5,10H2,1-2H3. The van der Waals surface area contributed by atoms with Crippen LogP contribution in [0.5, 0.6) is 11.5 Å². The van der Waals surface area contributed by atoms with Crippen molar-refractivity contribution in [3.63, 3.8) is 0 Å². The Morgan fingerprint density at radius 3 is 2.78 bits per heavy atom. The van der Waals surface area contributed by atoms with Crippen LogP contribution in [0.25, 0.3) is 5.57 Å². The molecule has 0 saturated heterocycles. The van der Waals surface area contributed by atoms with Crippen LogP contribution < -0.4 is 9.47 Å². The normalized spacial score (nSPS) is 17.7. The van der Waals surface area contributed by atoms with Crippen molar-refractivity contribution in [3.8, 4) is 11.5 Å². The van der Waals surface area contributed by atoms with E-state index in [9.17, 15) is 0 Å². The molecule has 2 heteroatoms. The van der Waals surface area contributed by atoms with E-state index < -0.39 is 0 Å². The Bertz CT molecular complexity index is 524. The van der Waals surface area contributed by atoms with Gasteiger partial charge in [-0.2, -0.15) is 0 Å². The highest BCUT2D eigenvalue weighted by molar-refractivity contribution is 5.79. The molecular weight excluding hydrogens is 224 g/mol. The molecule has 1 aromatic rings. The zero-order chi connectivity index (χ0) is 12.5. The van der Waals surface area contributed by atoms with Crippen LogP contribution in [0.1, 0.15) is 32.3 Å². The number of fused-ring (bicyclic) bond motifs is 1. The molecule has 0 bridgehead atoms. The van der Waals surface area contributed by atoms with Gasteiger partial charge in [-0.05, 0) is 42.0 Å². The predicted molar refractivity (Wildman–Crippen MR) is 72.7 cm³/mol. The minimum absolute atomic E-state index is 0.338. The van der Waals surface area contributed by atoms with Crippen molar-refractivity contribution in [2.75, 3.05) is 6.79 Å². The molecule has 0 atom stereocenters. The molecule has 1 aromatic carbocycles. The van der Waals surface area contributed by atoms with Gasteiger partial charge in [-0.3, -0.25) is 0 Å². The van der Waals surface area contributed by atoms with Gasteiger partial charge in [0, 0.05) is 0 Å². The molecule has 1 heterocycles. The lowest BCUT2D eigenvalue weighted by Gasteiger charge is -2.19. The lowest BCUT2D eigenvalue weighted by molar-refractivity contribution is 0.174. The van der Waals surface area contributed by atoms with E-state index in [1.807, 2.05) is 6.07 Å². The van der Waals surface area contributed by atoms with Crippen LogP contribution in [-0.4, -0.2) is 6.79 Å². The first-order valence-electron chi connectivity index (χ1n) is 6.55. The second-order valence-electron chi connectivity index (χ2n) is 5.10. The Labute approximate surface area is 108 Å². The third-order valence-corrected chi connectivity index (χ3v) is 3.59. The first-order chi connectivity index (χ1) is 8.75. The Balaban J connectivity index is 2.05. The van der Waals surface area contributed by atoms with Crippen LogP contribution >= 0.6 is 0 Å². The van der Waals surface area contributed by atoms with Crippen molar-refractivity contribution >= 4 is 5.57 Å². The van der Waals surface area contributed by atoms with Crippen molar-refractivity contribution in [2.24, 2.45) is 5.92 Å². The molecule has 0 unspecified atom stereocenters. The maximum Gasteiger partial charge on any atom is 0.231 e. The summed E-state index contributed by atoms with van der Waals surface area (Å²) in [7, 11) is 0. The van der Waals surface area contributed by atoms with Gasteiger partial charge in [0.25, 0.3) is 0 Å². The van der Waals surface area contributed by atoms with Gasteiger partial charge in [-0.25, -0.2) is 0 Å². The summed E-state index contributed by atoms with van der Waals surface area (Å²) >= 11 is 0. The largest absolute Gasteiger partial charge is 0.454 e. The summed E-state index contributed by atoms with van der Waals surface area (Å²) < 4.78 is 10.8. The topological polar surface area (TPSA) is 18.5 Å². The summed E-state index contributed by atoms with van der Waals surface area (Å²) in [6.45, 7) is 4.87. The first kappa shape index (κ1) is 11.4. The van der Waals surface area contributed by atoms with E-state index in [1.54, 1.807) is 0 Å². The van der Waals surface area contributed by atoms with Crippen molar-refractivity contribution in [1.82, 2.24) is 0 Å². The smallest absolute Gasteiger partial charge is 0.231 e. The summed E-state index contributed by atoms with van der Waals surface area (Å²) in [5.41, 5.74) is 4.13. The van der Waals surface area contributed by atoms with Gasteiger partial charge in [0.05, 0.1) is 0 Å². The zero-order valence-electron chi connectivity index (χ0n) is 10.9. The average Bonchev–Trinajstić information content (AvgIpc) is 2.85. The van der Waals surface area contributed by atoms with Crippen molar-refractivity contribution in [3.05, 3.63) is 41.5 Å². The molecule has 94 valence electrons. The van der Waals surface area contributed by atoms with Crippen LogP contribution in [0.4, 0.5) is 0 Å². The minimum Gasteiger partial charge on any atom is -0.454 e. The second kappa shape index (κ2) is 4.52. The number of benzene rings is 1. The maximum atomic E-state index is 5.46. The lowest BCUT2D eigenvalue weighted by Crippen LogP contribution is -2.01. The van der Waals surface area contributed by atoms with Gasteiger partial charge in [-0.1, -0.05) is 37.6 Å². The van der Waals surface area contributed by atoms with Crippen LogP contribution in [0.2, 0.25) is 0 Å². The fourth-order valence-electron chi connectivity index (χ4n) is 2.63. The molecule has 0 aromatic heterocycles. The number of rotatable bonds is 2. The molecule has 3 rings (SSSR count). The predicted octanol–water partition coefficient (Wildman–Crippen LogP) is 4.17. The summed E-state index contributed by atoms with van der Waals surface area (Å²) in [5, 5.41) is 0. The number of allylic oxidation sites excluding steroid dienone is 4. The van der Waals surface area contributed by atoms with Gasteiger partial charge < -0.3 is 9.47 Å². The van der Waals surface area contributed by atoms with Gasteiger partial charge >= 0.3 is 0 Å². The van der Waals surface area contributed by atoms with Crippen molar-refractivity contribution in [1.29, 1.82) is 0 Å². The summed E-state index contributed by atoms with van der Waals surface area (Å²) in [5.74, 6) is 2.31. The van der Waals surface area contributed by atoms with E-state index in [2.05, 4.69) is 38.1 Å². The van der Waals surface area contributed by atoms with Crippen molar-refractivity contribution in [2.45, 2.75) is 26.7 Å².